The van der Waals surface area contributed by atoms with Crippen LogP contribution in [0.25, 0.3) is 85.9 Å². The summed E-state index contributed by atoms with van der Waals surface area (Å²) in [6, 6.07) is 54.9. The predicted octanol–water partition coefficient (Wildman–Crippen LogP) is 14.8. The topological polar surface area (TPSA) is 29.5 Å². The van der Waals surface area contributed by atoms with Crippen LogP contribution < -0.4 is 4.90 Å². The summed E-state index contributed by atoms with van der Waals surface area (Å²) in [5, 5.41) is 9.24. The lowest BCUT2D eigenvalue weighted by molar-refractivity contribution is 0.660. The minimum Gasteiger partial charge on any atom is -0.456 e. The Morgan fingerprint density at radius 2 is 1.19 bits per heavy atom. The molecule has 0 unspecified atom stereocenters. The van der Waals surface area contributed by atoms with E-state index in [0.717, 1.165) is 66.3 Å². The molecule has 3 aromatic heterocycles. The van der Waals surface area contributed by atoms with E-state index in [0.29, 0.717) is 0 Å². The average Bonchev–Trinajstić information content (AvgIpc) is 3.93. The zero-order valence-corrected chi connectivity index (χ0v) is 29.9. The second-order valence-corrected chi connectivity index (χ2v) is 15.9. The summed E-state index contributed by atoms with van der Waals surface area (Å²) in [6.07, 6.45) is 0. The molecule has 3 nitrogen and oxygen atoms in total. The highest BCUT2D eigenvalue weighted by atomic mass is 32.1. The highest BCUT2D eigenvalue weighted by molar-refractivity contribution is 7.26. The first kappa shape index (κ1) is 29.2. The highest BCUT2D eigenvalue weighted by Gasteiger charge is 2.36. The van der Waals surface area contributed by atoms with E-state index in [1.165, 1.54) is 47.8 Å². The molecule has 0 atom stereocenters. The number of rotatable bonds is 3. The Labute approximate surface area is 308 Å². The second kappa shape index (κ2) is 10.4. The Bertz CT molecular complexity index is 3340. The van der Waals surface area contributed by atoms with Crippen LogP contribution in [0.15, 0.2) is 160 Å². The van der Waals surface area contributed by atoms with Crippen LogP contribution in [0.2, 0.25) is 0 Å². The molecule has 0 bridgehead atoms. The lowest BCUT2D eigenvalue weighted by Crippen LogP contribution is -2.16. The van der Waals surface area contributed by atoms with E-state index >= 15 is 0 Å². The van der Waals surface area contributed by atoms with E-state index < -0.39 is 0 Å². The molecule has 0 amide bonds. The van der Waals surface area contributed by atoms with Crippen molar-refractivity contribution >= 4 is 103 Å². The van der Waals surface area contributed by atoms with E-state index in [9.17, 15) is 0 Å². The standard InChI is InChI=1S/C49H31NO2S/c1-49(2)39-15-7-5-12-32(39)33-22-19-29(26-40(33)49)50(30-20-23-35-34-13-6-8-17-42(34)51-43(35)27-30)41-16-9-14-38-45-44(53-48(38)41)25-24-37-36-21-18-28-10-3-4-11-31(28)46(36)52-47(37)45/h3-27H,1-2H3. The van der Waals surface area contributed by atoms with Gasteiger partial charge in [-0.1, -0.05) is 105 Å². The first-order valence-corrected chi connectivity index (χ1v) is 19.0. The number of fused-ring (bicyclic) bond motifs is 15. The van der Waals surface area contributed by atoms with Crippen LogP contribution in [0.3, 0.4) is 0 Å². The van der Waals surface area contributed by atoms with Crippen LogP contribution >= 0.6 is 11.3 Å². The van der Waals surface area contributed by atoms with Crippen molar-refractivity contribution in [2.75, 3.05) is 4.90 Å². The van der Waals surface area contributed by atoms with Gasteiger partial charge in [0.1, 0.15) is 22.3 Å². The molecule has 0 radical (unpaired) electrons. The Balaban J connectivity index is 1.13. The summed E-state index contributed by atoms with van der Waals surface area (Å²) in [6.45, 7) is 4.70. The largest absolute Gasteiger partial charge is 0.456 e. The fourth-order valence-corrected chi connectivity index (χ4v) is 10.3. The maximum Gasteiger partial charge on any atom is 0.144 e. The van der Waals surface area contributed by atoms with Gasteiger partial charge in [-0.05, 0) is 82.2 Å². The van der Waals surface area contributed by atoms with Crippen molar-refractivity contribution in [3.05, 3.63) is 163 Å². The number of thiophene rings is 1. The average molecular weight is 698 g/mol. The van der Waals surface area contributed by atoms with Gasteiger partial charge in [-0.2, -0.15) is 0 Å². The zero-order chi connectivity index (χ0) is 35.0. The first-order valence-electron chi connectivity index (χ1n) is 18.2. The van der Waals surface area contributed by atoms with Gasteiger partial charge < -0.3 is 13.7 Å². The first-order chi connectivity index (χ1) is 26.0. The summed E-state index contributed by atoms with van der Waals surface area (Å²) >= 11 is 1.83. The molecule has 0 aliphatic heterocycles. The Morgan fingerprint density at radius 3 is 2.13 bits per heavy atom. The number of furan rings is 2. The number of hydrogen-bond acceptors (Lipinski definition) is 4. The normalized spacial score (nSPS) is 13.6. The van der Waals surface area contributed by atoms with Gasteiger partial charge in [0.15, 0.2) is 0 Å². The molecule has 0 fully saturated rings. The number of hydrogen-bond donors (Lipinski definition) is 0. The summed E-state index contributed by atoms with van der Waals surface area (Å²) < 4.78 is 15.8. The lowest BCUT2D eigenvalue weighted by atomic mass is 9.82. The molecule has 1 aliphatic rings. The molecule has 0 spiro atoms. The number of para-hydroxylation sites is 1. The van der Waals surface area contributed by atoms with Crippen molar-refractivity contribution < 1.29 is 8.83 Å². The van der Waals surface area contributed by atoms with Crippen molar-refractivity contribution in [1.29, 1.82) is 0 Å². The van der Waals surface area contributed by atoms with Crippen LogP contribution in [-0.2, 0) is 5.41 Å². The van der Waals surface area contributed by atoms with Crippen LogP contribution in [0.4, 0.5) is 17.1 Å². The van der Waals surface area contributed by atoms with Gasteiger partial charge in [0.25, 0.3) is 0 Å². The SMILES string of the molecule is CC1(C)c2ccccc2-c2ccc(N(c3ccc4c(c3)oc3ccccc34)c3cccc4c3sc3ccc5c6ccc7ccccc7c6oc5c34)cc21. The van der Waals surface area contributed by atoms with Crippen LogP contribution in [-0.4, -0.2) is 0 Å². The molecule has 11 aromatic rings. The zero-order valence-electron chi connectivity index (χ0n) is 29.1. The van der Waals surface area contributed by atoms with Crippen LogP contribution in [0.5, 0.6) is 0 Å². The van der Waals surface area contributed by atoms with Crippen molar-refractivity contribution in [2.45, 2.75) is 19.3 Å². The Hall–Kier alpha value is -6.36. The van der Waals surface area contributed by atoms with E-state index in [2.05, 4.69) is 158 Å². The van der Waals surface area contributed by atoms with E-state index in [1.54, 1.807) is 0 Å². The quantitative estimate of drug-likeness (QED) is 0.184. The van der Waals surface area contributed by atoms with E-state index in [-0.39, 0.29) is 5.41 Å². The minimum atomic E-state index is -0.128. The maximum absolute atomic E-state index is 6.88. The lowest BCUT2D eigenvalue weighted by Gasteiger charge is -2.28. The summed E-state index contributed by atoms with van der Waals surface area (Å²) in [5.41, 5.74) is 12.2. The second-order valence-electron chi connectivity index (χ2n) is 14.9. The highest BCUT2D eigenvalue weighted by Crippen LogP contribution is 2.53. The molecule has 250 valence electrons. The molecule has 0 N–H and O–H groups in total. The van der Waals surface area contributed by atoms with Gasteiger partial charge in [-0.25, -0.2) is 0 Å². The predicted molar refractivity (Wildman–Crippen MR) is 224 cm³/mol. The summed E-state index contributed by atoms with van der Waals surface area (Å²) in [5.74, 6) is 0. The molecule has 12 rings (SSSR count). The number of nitrogens with zero attached hydrogens (tertiary/aromatic N) is 1. The van der Waals surface area contributed by atoms with Gasteiger partial charge in [0.05, 0.1) is 10.4 Å². The third-order valence-electron chi connectivity index (χ3n) is 11.7. The van der Waals surface area contributed by atoms with Gasteiger partial charge in [-0.15, -0.1) is 11.3 Å². The molecule has 0 saturated carbocycles. The molecule has 3 heterocycles. The van der Waals surface area contributed by atoms with Crippen molar-refractivity contribution in [3.63, 3.8) is 0 Å². The molecule has 53 heavy (non-hydrogen) atoms. The van der Waals surface area contributed by atoms with E-state index in [4.69, 9.17) is 8.83 Å². The minimum absolute atomic E-state index is 0.128. The van der Waals surface area contributed by atoms with Crippen LogP contribution in [0.1, 0.15) is 25.0 Å². The maximum atomic E-state index is 6.88. The van der Waals surface area contributed by atoms with Gasteiger partial charge in [0.2, 0.25) is 0 Å². The Kier molecular flexibility index (Phi) is 5.72. The van der Waals surface area contributed by atoms with E-state index in [1.807, 2.05) is 23.5 Å². The van der Waals surface area contributed by atoms with Gasteiger partial charge in [-0.3, -0.25) is 0 Å². The smallest absolute Gasteiger partial charge is 0.144 e. The third kappa shape index (κ3) is 3.93. The summed E-state index contributed by atoms with van der Waals surface area (Å²) in [4.78, 5) is 2.42. The molecule has 4 heteroatoms. The van der Waals surface area contributed by atoms with Gasteiger partial charge in [0, 0.05) is 65.3 Å². The van der Waals surface area contributed by atoms with Crippen LogP contribution in [0, 0.1) is 0 Å². The fraction of sp³-hybridized carbons (Fsp3) is 0.0612. The molecule has 0 saturated heterocycles. The molecular weight excluding hydrogens is 667 g/mol. The number of benzene rings is 8. The summed E-state index contributed by atoms with van der Waals surface area (Å²) in [7, 11) is 0. The number of anilines is 3. The monoisotopic (exact) mass is 697 g/mol. The van der Waals surface area contributed by atoms with Crippen molar-refractivity contribution in [2.24, 2.45) is 0 Å². The van der Waals surface area contributed by atoms with Crippen molar-refractivity contribution in [1.82, 2.24) is 0 Å². The Morgan fingerprint density at radius 1 is 0.491 bits per heavy atom. The molecule has 1 aliphatic carbocycles. The fourth-order valence-electron chi connectivity index (χ4n) is 9.12. The molecule has 8 aromatic carbocycles. The van der Waals surface area contributed by atoms with Crippen molar-refractivity contribution in [3.8, 4) is 11.1 Å². The van der Waals surface area contributed by atoms with Gasteiger partial charge >= 0.3 is 0 Å². The third-order valence-corrected chi connectivity index (χ3v) is 12.8. The molecular formula is C49H31NO2S.